The molecule has 4 nitrogen and oxygen atoms in total. The third-order valence-electron chi connectivity index (χ3n) is 3.57. The Morgan fingerprint density at radius 2 is 1.95 bits per heavy atom. The molecular weight excluding hydrogens is 242 g/mol. The molecule has 0 aromatic heterocycles. The molecule has 1 N–H and O–H groups in total. The minimum Gasteiger partial charge on any atom is -0.496 e. The molecule has 0 saturated heterocycles. The Hall–Kier alpha value is -1.55. The quantitative estimate of drug-likeness (QED) is 0.822. The summed E-state index contributed by atoms with van der Waals surface area (Å²) in [5.74, 6) is 0.123. The number of nitrogens with zero attached hydrogens (tertiary/aromatic N) is 1. The van der Waals surface area contributed by atoms with Gasteiger partial charge in [-0.3, -0.25) is 4.79 Å². The molecule has 1 aromatic rings. The van der Waals surface area contributed by atoms with E-state index in [0.717, 1.165) is 17.7 Å². The maximum Gasteiger partial charge on any atom is 0.304 e. The second-order valence-electron chi connectivity index (χ2n) is 4.98. The number of hydrogen-bond donors (Lipinski definition) is 1. The van der Waals surface area contributed by atoms with Crippen molar-refractivity contribution < 1.29 is 14.6 Å². The highest BCUT2D eigenvalue weighted by atomic mass is 16.5. The van der Waals surface area contributed by atoms with E-state index in [2.05, 4.69) is 11.8 Å². The molecule has 2 atom stereocenters. The average molecular weight is 265 g/mol. The van der Waals surface area contributed by atoms with Crippen molar-refractivity contribution in [2.24, 2.45) is 0 Å². The summed E-state index contributed by atoms with van der Waals surface area (Å²) in [5.41, 5.74) is 1.15. The summed E-state index contributed by atoms with van der Waals surface area (Å²) in [4.78, 5) is 12.8. The topological polar surface area (TPSA) is 49.8 Å². The van der Waals surface area contributed by atoms with Crippen LogP contribution in [0.3, 0.4) is 0 Å². The van der Waals surface area contributed by atoms with Crippen LogP contribution in [0, 0.1) is 0 Å². The fraction of sp³-hybridized carbons (Fsp3) is 0.533. The van der Waals surface area contributed by atoms with Gasteiger partial charge in [0.15, 0.2) is 0 Å². The van der Waals surface area contributed by atoms with Crippen LogP contribution in [0.2, 0.25) is 0 Å². The molecule has 0 aliphatic heterocycles. The number of carboxylic acid groups (broad SMARTS) is 1. The summed E-state index contributed by atoms with van der Waals surface area (Å²) < 4.78 is 5.34. The molecule has 1 aromatic carbocycles. The van der Waals surface area contributed by atoms with E-state index in [1.54, 1.807) is 7.11 Å². The lowest BCUT2D eigenvalue weighted by Crippen LogP contribution is -2.39. The van der Waals surface area contributed by atoms with Crippen LogP contribution >= 0.6 is 0 Å². The summed E-state index contributed by atoms with van der Waals surface area (Å²) in [7, 11) is 3.63. The molecule has 0 aliphatic rings. The maximum absolute atomic E-state index is 10.7. The molecule has 0 aliphatic carbocycles. The molecule has 1 rings (SSSR count). The van der Waals surface area contributed by atoms with Crippen molar-refractivity contribution in [3.05, 3.63) is 29.8 Å². The monoisotopic (exact) mass is 265 g/mol. The Kier molecular flexibility index (Phi) is 5.83. The number of likely N-dealkylation sites (N-methyl/N-ethyl adjacent to an activating group) is 1. The predicted octanol–water partition coefficient (Wildman–Crippen LogP) is 2.42. The van der Waals surface area contributed by atoms with Gasteiger partial charge in [0.2, 0.25) is 0 Å². The number of aliphatic carboxylic acids is 1. The second-order valence-corrected chi connectivity index (χ2v) is 4.98. The fourth-order valence-corrected chi connectivity index (χ4v) is 2.16. The van der Waals surface area contributed by atoms with Crippen molar-refractivity contribution in [1.82, 2.24) is 4.90 Å². The van der Waals surface area contributed by atoms with Gasteiger partial charge < -0.3 is 14.7 Å². The van der Waals surface area contributed by atoms with Crippen LogP contribution in [0.4, 0.5) is 0 Å². The molecule has 0 saturated carbocycles. The first-order valence-electron chi connectivity index (χ1n) is 6.51. The normalized spacial score (nSPS) is 14.2. The third kappa shape index (κ3) is 4.56. The molecule has 0 bridgehead atoms. The molecular formula is C15H23NO3. The summed E-state index contributed by atoms with van der Waals surface area (Å²) in [6.07, 6.45) is 0.997. The molecule has 0 spiro atoms. The van der Waals surface area contributed by atoms with Crippen LogP contribution in [0.1, 0.15) is 25.8 Å². The van der Waals surface area contributed by atoms with Crippen molar-refractivity contribution in [3.8, 4) is 5.75 Å². The number of benzene rings is 1. The van der Waals surface area contributed by atoms with Gasteiger partial charge in [-0.1, -0.05) is 18.2 Å². The van der Waals surface area contributed by atoms with Gasteiger partial charge in [-0.2, -0.15) is 0 Å². The standard InChI is InChI=1S/C15H23NO3/c1-11(16(3)12(2)10-15(17)18)9-13-7-5-6-8-14(13)19-4/h5-8,11-12H,9-10H2,1-4H3,(H,17,18). The van der Waals surface area contributed by atoms with Crippen molar-refractivity contribution in [3.63, 3.8) is 0 Å². The molecule has 0 amide bonds. The van der Waals surface area contributed by atoms with Crippen molar-refractivity contribution in [1.29, 1.82) is 0 Å². The first-order chi connectivity index (χ1) is 8.95. The number of hydrogen-bond acceptors (Lipinski definition) is 3. The second kappa shape index (κ2) is 7.14. The van der Waals surface area contributed by atoms with E-state index < -0.39 is 5.97 Å². The number of ether oxygens (including phenoxy) is 1. The van der Waals surface area contributed by atoms with E-state index >= 15 is 0 Å². The average Bonchev–Trinajstić information content (AvgIpc) is 2.37. The molecule has 4 heteroatoms. The first-order valence-corrected chi connectivity index (χ1v) is 6.51. The summed E-state index contributed by atoms with van der Waals surface area (Å²) in [6, 6.07) is 8.20. The molecule has 106 valence electrons. The van der Waals surface area contributed by atoms with E-state index in [4.69, 9.17) is 9.84 Å². The van der Waals surface area contributed by atoms with Gasteiger partial charge >= 0.3 is 5.97 Å². The first kappa shape index (κ1) is 15.5. The van der Waals surface area contributed by atoms with Crippen LogP contribution in [-0.2, 0) is 11.2 Å². The predicted molar refractivity (Wildman–Crippen MR) is 75.6 cm³/mol. The SMILES string of the molecule is COc1ccccc1CC(C)N(C)C(C)CC(=O)O. The molecule has 2 unspecified atom stereocenters. The number of methoxy groups -OCH3 is 1. The highest BCUT2D eigenvalue weighted by Gasteiger charge is 2.19. The number of rotatable bonds is 7. The zero-order chi connectivity index (χ0) is 14.4. The summed E-state index contributed by atoms with van der Waals surface area (Å²) in [6.45, 7) is 4.04. The van der Waals surface area contributed by atoms with Gasteiger partial charge in [0.05, 0.1) is 13.5 Å². The number of para-hydroxylation sites is 1. The van der Waals surface area contributed by atoms with Gasteiger partial charge in [-0.05, 0) is 38.9 Å². The number of carboxylic acids is 1. The minimum absolute atomic E-state index is 0.0159. The lowest BCUT2D eigenvalue weighted by molar-refractivity contribution is -0.138. The van der Waals surface area contributed by atoms with Gasteiger partial charge in [0.1, 0.15) is 5.75 Å². The molecule has 19 heavy (non-hydrogen) atoms. The number of carbonyl (C=O) groups is 1. The van der Waals surface area contributed by atoms with Crippen molar-refractivity contribution in [2.45, 2.75) is 38.8 Å². The van der Waals surface area contributed by atoms with Crippen molar-refractivity contribution in [2.75, 3.05) is 14.2 Å². The van der Waals surface area contributed by atoms with Gasteiger partial charge in [0, 0.05) is 12.1 Å². The summed E-state index contributed by atoms with van der Waals surface area (Å²) >= 11 is 0. The Morgan fingerprint density at radius 3 is 2.53 bits per heavy atom. The molecule has 0 fully saturated rings. The highest BCUT2D eigenvalue weighted by Crippen LogP contribution is 2.21. The van der Waals surface area contributed by atoms with Gasteiger partial charge in [-0.15, -0.1) is 0 Å². The van der Waals surface area contributed by atoms with Crippen LogP contribution in [-0.4, -0.2) is 42.2 Å². The zero-order valence-electron chi connectivity index (χ0n) is 12.1. The third-order valence-corrected chi connectivity index (χ3v) is 3.57. The van der Waals surface area contributed by atoms with Crippen LogP contribution < -0.4 is 4.74 Å². The highest BCUT2D eigenvalue weighted by molar-refractivity contribution is 5.67. The van der Waals surface area contributed by atoms with E-state index in [-0.39, 0.29) is 18.5 Å². The van der Waals surface area contributed by atoms with Crippen LogP contribution in [0.15, 0.2) is 24.3 Å². The Morgan fingerprint density at radius 1 is 1.32 bits per heavy atom. The lowest BCUT2D eigenvalue weighted by atomic mass is 10.0. The molecule has 0 radical (unpaired) electrons. The van der Waals surface area contributed by atoms with E-state index in [1.165, 1.54) is 0 Å². The van der Waals surface area contributed by atoms with Crippen LogP contribution in [0.25, 0.3) is 0 Å². The van der Waals surface area contributed by atoms with Crippen LogP contribution in [0.5, 0.6) is 5.75 Å². The van der Waals surface area contributed by atoms with E-state index in [1.807, 2.05) is 38.2 Å². The molecule has 0 heterocycles. The largest absolute Gasteiger partial charge is 0.496 e. The minimum atomic E-state index is -0.760. The van der Waals surface area contributed by atoms with E-state index in [9.17, 15) is 4.79 Å². The van der Waals surface area contributed by atoms with E-state index in [0.29, 0.717) is 0 Å². The van der Waals surface area contributed by atoms with Gasteiger partial charge in [-0.25, -0.2) is 0 Å². The van der Waals surface area contributed by atoms with Gasteiger partial charge in [0.25, 0.3) is 0 Å². The zero-order valence-corrected chi connectivity index (χ0v) is 12.1. The summed E-state index contributed by atoms with van der Waals surface area (Å²) in [5, 5.41) is 8.84. The van der Waals surface area contributed by atoms with Crippen molar-refractivity contribution >= 4 is 5.97 Å². The Balaban J connectivity index is 2.68. The lowest BCUT2D eigenvalue weighted by Gasteiger charge is -2.30. The Labute approximate surface area is 115 Å². The Bertz CT molecular complexity index is 420. The maximum atomic E-state index is 10.7. The smallest absolute Gasteiger partial charge is 0.304 e. The fourth-order valence-electron chi connectivity index (χ4n) is 2.16.